The number of aromatic amines is 1. The van der Waals surface area contributed by atoms with Gasteiger partial charge in [0, 0.05) is 73.8 Å². The zero-order valence-corrected chi connectivity index (χ0v) is 26.9. The summed E-state index contributed by atoms with van der Waals surface area (Å²) in [5.74, 6) is 2.63. The predicted molar refractivity (Wildman–Crippen MR) is 184 cm³/mol. The van der Waals surface area contributed by atoms with Gasteiger partial charge >= 0.3 is 0 Å². The van der Waals surface area contributed by atoms with Crippen LogP contribution in [-0.4, -0.2) is 68.0 Å². The Morgan fingerprint density at radius 1 is 0.935 bits per heavy atom. The Morgan fingerprint density at radius 3 is 2.52 bits per heavy atom. The Kier molecular flexibility index (Phi) is 8.99. The van der Waals surface area contributed by atoms with Crippen LogP contribution in [0.3, 0.4) is 0 Å². The molecular weight excluding hydrogens is 576 g/mol. The maximum absolute atomic E-state index is 12.7. The van der Waals surface area contributed by atoms with Crippen LogP contribution in [-0.2, 0) is 17.6 Å². The van der Waals surface area contributed by atoms with Crippen molar-refractivity contribution >= 4 is 11.4 Å². The second-order valence-corrected chi connectivity index (χ2v) is 12.9. The molecule has 4 heterocycles. The van der Waals surface area contributed by atoms with Crippen LogP contribution in [0.1, 0.15) is 43.4 Å². The van der Waals surface area contributed by atoms with Crippen molar-refractivity contribution in [2.24, 2.45) is 0 Å². The van der Waals surface area contributed by atoms with Crippen molar-refractivity contribution in [1.82, 2.24) is 9.88 Å². The van der Waals surface area contributed by atoms with Crippen LogP contribution < -0.4 is 25.2 Å². The third kappa shape index (κ3) is 7.08. The number of likely N-dealkylation sites (tertiary alicyclic amines) is 1. The average Bonchev–Trinajstić information content (AvgIpc) is 3.07. The minimum atomic E-state index is -0.114. The smallest absolute Gasteiger partial charge is 0.250 e. The lowest BCUT2D eigenvalue weighted by molar-refractivity contribution is 0.122. The Labute approximate surface area is 271 Å². The van der Waals surface area contributed by atoms with E-state index in [0.717, 1.165) is 104 Å². The van der Waals surface area contributed by atoms with Crippen molar-refractivity contribution < 1.29 is 14.2 Å². The number of piperidine rings is 1. The third-order valence-electron chi connectivity index (χ3n) is 9.22. The number of nitrogens with one attached hydrogen (secondary N) is 2. The summed E-state index contributed by atoms with van der Waals surface area (Å²) in [7, 11) is 0. The fraction of sp³-hybridized carbons (Fsp3) is 0.395. The maximum atomic E-state index is 12.7. The normalized spacial score (nSPS) is 16.9. The molecule has 3 aliphatic rings. The average molecular weight is 621 g/mol. The summed E-state index contributed by atoms with van der Waals surface area (Å²) in [4.78, 5) is 20.5. The number of pyridine rings is 1. The highest BCUT2D eigenvalue weighted by atomic mass is 16.5. The number of benzene rings is 3. The highest BCUT2D eigenvalue weighted by Gasteiger charge is 2.24. The molecule has 8 nitrogen and oxygen atoms in total. The number of rotatable bonds is 9. The lowest BCUT2D eigenvalue weighted by atomic mass is 9.95. The molecule has 2 N–H and O–H groups in total. The van der Waals surface area contributed by atoms with Crippen LogP contribution in [0.2, 0.25) is 0 Å². The van der Waals surface area contributed by atoms with Gasteiger partial charge in [0.2, 0.25) is 5.56 Å². The topological polar surface area (TPSA) is 79.1 Å². The van der Waals surface area contributed by atoms with Crippen LogP contribution in [0.15, 0.2) is 77.6 Å². The summed E-state index contributed by atoms with van der Waals surface area (Å²) >= 11 is 0. The van der Waals surface area contributed by atoms with E-state index < -0.39 is 0 Å². The van der Waals surface area contributed by atoms with Gasteiger partial charge in [-0.2, -0.15) is 0 Å². The Hall–Kier alpha value is -4.27. The third-order valence-corrected chi connectivity index (χ3v) is 9.22. The molecule has 0 atom stereocenters. The Morgan fingerprint density at radius 2 is 1.74 bits per heavy atom. The first kappa shape index (κ1) is 30.4. The van der Waals surface area contributed by atoms with Gasteiger partial charge in [-0.05, 0) is 86.7 Å². The number of para-hydroxylation sites is 1. The van der Waals surface area contributed by atoms with E-state index in [9.17, 15) is 4.79 Å². The van der Waals surface area contributed by atoms with Crippen molar-refractivity contribution in [3.05, 3.63) is 99.8 Å². The largest absolute Gasteiger partial charge is 0.491 e. The van der Waals surface area contributed by atoms with Gasteiger partial charge in [0.15, 0.2) is 0 Å². The number of hydrogen-bond acceptors (Lipinski definition) is 7. The first-order chi connectivity index (χ1) is 22.5. The molecule has 0 amide bonds. The van der Waals surface area contributed by atoms with Gasteiger partial charge < -0.3 is 34.3 Å². The van der Waals surface area contributed by atoms with E-state index in [0.29, 0.717) is 19.3 Å². The summed E-state index contributed by atoms with van der Waals surface area (Å²) in [6, 6.07) is 25.4. The van der Waals surface area contributed by atoms with Crippen LogP contribution in [0.25, 0.3) is 11.3 Å². The second kappa shape index (κ2) is 13.6. The van der Waals surface area contributed by atoms with E-state index in [2.05, 4.69) is 94.6 Å². The molecule has 3 aromatic carbocycles. The number of aromatic nitrogens is 1. The molecule has 3 aliphatic heterocycles. The maximum Gasteiger partial charge on any atom is 0.250 e. The number of H-pyrrole nitrogens is 1. The van der Waals surface area contributed by atoms with Gasteiger partial charge in [0.1, 0.15) is 17.2 Å². The van der Waals surface area contributed by atoms with E-state index in [1.165, 1.54) is 11.1 Å². The van der Waals surface area contributed by atoms with Gasteiger partial charge in [-0.25, -0.2) is 0 Å². The van der Waals surface area contributed by atoms with E-state index in [4.69, 9.17) is 14.2 Å². The zero-order valence-electron chi connectivity index (χ0n) is 26.9. The van der Waals surface area contributed by atoms with Crippen LogP contribution in [0.4, 0.5) is 11.4 Å². The molecular formula is C38H44N4O4. The molecule has 0 aliphatic carbocycles. The molecule has 0 saturated carbocycles. The van der Waals surface area contributed by atoms with Gasteiger partial charge in [-0.15, -0.1) is 0 Å². The monoisotopic (exact) mass is 620 g/mol. The van der Waals surface area contributed by atoms with Crippen molar-refractivity contribution in [2.45, 2.75) is 51.7 Å². The molecule has 46 heavy (non-hydrogen) atoms. The number of ether oxygens (including phenoxy) is 3. The SMILES string of the molecule is CC(C)Oc1ccc(CCN2CCC(Nc3ccc4c(c3)Cc3cccc(-c5cc(N6CCOCC6)cc(=O)[nH]5)c3O4)CC2)cc1. The molecule has 8 heteroatoms. The summed E-state index contributed by atoms with van der Waals surface area (Å²) in [5, 5.41) is 3.80. The molecule has 0 bridgehead atoms. The minimum absolute atomic E-state index is 0.114. The molecule has 4 aromatic rings. The highest BCUT2D eigenvalue weighted by molar-refractivity contribution is 5.74. The van der Waals surface area contributed by atoms with Crippen molar-refractivity contribution in [3.8, 4) is 28.5 Å². The summed E-state index contributed by atoms with van der Waals surface area (Å²) < 4.78 is 17.8. The molecule has 0 spiro atoms. The number of anilines is 2. The fourth-order valence-corrected chi connectivity index (χ4v) is 6.79. The molecule has 0 unspecified atom stereocenters. The van der Waals surface area contributed by atoms with E-state index in [1.54, 1.807) is 6.07 Å². The zero-order chi connectivity index (χ0) is 31.5. The Bertz CT molecular complexity index is 1700. The number of morpholine rings is 1. The van der Waals surface area contributed by atoms with E-state index in [-0.39, 0.29) is 11.7 Å². The molecule has 0 radical (unpaired) electrons. The van der Waals surface area contributed by atoms with Crippen molar-refractivity contribution in [1.29, 1.82) is 0 Å². The summed E-state index contributed by atoms with van der Waals surface area (Å²) in [6.07, 6.45) is 4.29. The van der Waals surface area contributed by atoms with Gasteiger partial charge in [-0.3, -0.25) is 4.79 Å². The molecule has 1 aromatic heterocycles. The number of nitrogens with zero attached hydrogens (tertiary/aromatic N) is 2. The number of hydrogen-bond donors (Lipinski definition) is 2. The molecule has 2 fully saturated rings. The molecule has 240 valence electrons. The van der Waals surface area contributed by atoms with E-state index in [1.807, 2.05) is 6.07 Å². The number of fused-ring (bicyclic) bond motifs is 2. The second-order valence-electron chi connectivity index (χ2n) is 12.9. The highest BCUT2D eigenvalue weighted by Crippen LogP contribution is 2.43. The first-order valence-corrected chi connectivity index (χ1v) is 16.7. The molecule has 2 saturated heterocycles. The van der Waals surface area contributed by atoms with Crippen LogP contribution in [0, 0.1) is 0 Å². The van der Waals surface area contributed by atoms with Crippen LogP contribution in [0.5, 0.6) is 17.2 Å². The summed E-state index contributed by atoms with van der Waals surface area (Å²) in [6.45, 7) is 10.3. The lowest BCUT2D eigenvalue weighted by Crippen LogP contribution is -2.40. The lowest BCUT2D eigenvalue weighted by Gasteiger charge is -2.33. The van der Waals surface area contributed by atoms with Crippen LogP contribution >= 0.6 is 0 Å². The van der Waals surface area contributed by atoms with Gasteiger partial charge in [0.25, 0.3) is 0 Å². The minimum Gasteiger partial charge on any atom is -0.491 e. The van der Waals surface area contributed by atoms with E-state index >= 15 is 0 Å². The van der Waals surface area contributed by atoms with Gasteiger partial charge in [-0.1, -0.05) is 24.3 Å². The predicted octanol–water partition coefficient (Wildman–Crippen LogP) is 6.48. The standard InChI is InChI=1S/C38H44N4O4/c1-26(2)45-33-9-6-27(7-10-33)12-15-41-16-13-30(14-17-41)39-31-8-11-36-29(23-31)22-28-4-3-5-34(38(28)46-36)35-24-32(25-37(43)40-35)42-18-20-44-21-19-42/h3-11,23-26,30,39H,12-22H2,1-2H3,(H,40,43). The fourth-order valence-electron chi connectivity index (χ4n) is 6.79. The molecule has 7 rings (SSSR count). The van der Waals surface area contributed by atoms with Crippen molar-refractivity contribution in [2.75, 3.05) is 56.2 Å². The summed E-state index contributed by atoms with van der Waals surface area (Å²) in [5.41, 5.74) is 7.27. The van der Waals surface area contributed by atoms with Crippen molar-refractivity contribution in [3.63, 3.8) is 0 Å². The first-order valence-electron chi connectivity index (χ1n) is 16.7. The van der Waals surface area contributed by atoms with Gasteiger partial charge in [0.05, 0.1) is 25.0 Å². The Balaban J connectivity index is 0.962. The quantitative estimate of drug-likeness (QED) is 0.195.